The number of rotatable bonds is 3. The molecule has 0 unspecified atom stereocenters. The molecule has 19 heavy (non-hydrogen) atoms. The fourth-order valence-corrected chi connectivity index (χ4v) is 3.81. The number of aromatic nitrogens is 2. The second kappa shape index (κ2) is 5.03. The summed E-state index contributed by atoms with van der Waals surface area (Å²) in [5, 5.41) is 0. The molecule has 1 aromatic rings. The molecule has 1 saturated heterocycles. The van der Waals surface area contributed by atoms with Gasteiger partial charge < -0.3 is 0 Å². The fourth-order valence-electron chi connectivity index (χ4n) is 2.25. The molecule has 2 rings (SSSR count). The normalized spacial score (nSPS) is 20.2. The number of nitrogen functional groups attached to an aromatic ring is 1. The van der Waals surface area contributed by atoms with Crippen LogP contribution in [0.1, 0.15) is 26.7 Å². The van der Waals surface area contributed by atoms with Crippen molar-refractivity contribution in [3.05, 3.63) is 12.4 Å². The number of hydrogen-bond acceptors (Lipinski definition) is 6. The van der Waals surface area contributed by atoms with E-state index in [1.165, 1.54) is 16.7 Å². The van der Waals surface area contributed by atoms with Gasteiger partial charge in [-0.1, -0.05) is 13.8 Å². The number of hydrazine groups is 1. The minimum absolute atomic E-state index is 0.00489. The Labute approximate surface area is 113 Å². The monoisotopic (exact) mass is 285 g/mol. The van der Waals surface area contributed by atoms with Crippen molar-refractivity contribution < 1.29 is 8.42 Å². The van der Waals surface area contributed by atoms with Gasteiger partial charge in [0.25, 0.3) is 0 Å². The highest BCUT2D eigenvalue weighted by molar-refractivity contribution is 7.89. The van der Waals surface area contributed by atoms with Crippen molar-refractivity contribution >= 4 is 16.0 Å². The minimum atomic E-state index is -3.52. The van der Waals surface area contributed by atoms with Gasteiger partial charge in [-0.15, -0.1) is 0 Å². The summed E-state index contributed by atoms with van der Waals surface area (Å²) in [5.41, 5.74) is 2.27. The summed E-state index contributed by atoms with van der Waals surface area (Å²) in [6.07, 6.45) is 4.46. The molecular formula is C11H19N5O2S. The van der Waals surface area contributed by atoms with E-state index in [0.717, 1.165) is 12.8 Å². The molecule has 7 nitrogen and oxygen atoms in total. The Hall–Kier alpha value is -1.25. The van der Waals surface area contributed by atoms with Gasteiger partial charge in [-0.3, -0.25) is 5.43 Å². The largest absolute Gasteiger partial charge is 0.292 e. The van der Waals surface area contributed by atoms with Crippen molar-refractivity contribution in [3.63, 3.8) is 0 Å². The van der Waals surface area contributed by atoms with Gasteiger partial charge in [0.05, 0.1) is 12.4 Å². The van der Waals surface area contributed by atoms with Gasteiger partial charge in [0.2, 0.25) is 16.0 Å². The molecule has 3 N–H and O–H groups in total. The van der Waals surface area contributed by atoms with Crippen molar-refractivity contribution in [2.24, 2.45) is 11.3 Å². The maximum atomic E-state index is 12.5. The molecular weight excluding hydrogens is 266 g/mol. The molecule has 0 amide bonds. The van der Waals surface area contributed by atoms with Gasteiger partial charge >= 0.3 is 0 Å². The van der Waals surface area contributed by atoms with Crippen molar-refractivity contribution in [1.29, 1.82) is 0 Å². The lowest BCUT2D eigenvalue weighted by molar-refractivity contribution is 0.187. The van der Waals surface area contributed by atoms with Crippen LogP contribution < -0.4 is 11.3 Å². The molecule has 8 heteroatoms. The van der Waals surface area contributed by atoms with Gasteiger partial charge in [0.1, 0.15) is 4.90 Å². The molecule has 2 heterocycles. The standard InChI is InChI=1S/C11H19N5O2S/c1-11(2)4-3-5-16(8-11)19(17,18)9-6-13-10(15-12)14-7-9/h6-7H,3-5,8,12H2,1-2H3,(H,13,14,15). The average Bonchev–Trinajstić information content (AvgIpc) is 2.37. The first-order valence-electron chi connectivity index (χ1n) is 6.14. The predicted octanol–water partition coefficient (Wildman–Crippen LogP) is 0.573. The average molecular weight is 285 g/mol. The highest BCUT2D eigenvalue weighted by atomic mass is 32.2. The molecule has 0 saturated carbocycles. The summed E-state index contributed by atoms with van der Waals surface area (Å²) in [5.74, 6) is 5.34. The molecule has 1 fully saturated rings. The van der Waals surface area contributed by atoms with Crippen LogP contribution in [0.15, 0.2) is 17.3 Å². The first-order chi connectivity index (χ1) is 8.85. The van der Waals surface area contributed by atoms with E-state index in [9.17, 15) is 8.42 Å². The van der Waals surface area contributed by atoms with E-state index in [0.29, 0.717) is 13.1 Å². The molecule has 0 spiro atoms. The number of nitrogens with one attached hydrogen (secondary N) is 1. The van der Waals surface area contributed by atoms with Crippen LogP contribution in [0.25, 0.3) is 0 Å². The quantitative estimate of drug-likeness (QED) is 0.622. The van der Waals surface area contributed by atoms with E-state index < -0.39 is 10.0 Å². The zero-order valence-electron chi connectivity index (χ0n) is 11.1. The van der Waals surface area contributed by atoms with E-state index in [-0.39, 0.29) is 16.3 Å². The predicted molar refractivity (Wildman–Crippen MR) is 71.6 cm³/mol. The lowest BCUT2D eigenvalue weighted by Crippen LogP contribution is -2.43. The van der Waals surface area contributed by atoms with Crippen LogP contribution in [-0.2, 0) is 10.0 Å². The van der Waals surface area contributed by atoms with Crippen molar-refractivity contribution in [3.8, 4) is 0 Å². The van der Waals surface area contributed by atoms with Crippen LogP contribution >= 0.6 is 0 Å². The molecule has 0 aromatic carbocycles. The Morgan fingerprint density at radius 2 is 2.00 bits per heavy atom. The summed E-state index contributed by atoms with van der Waals surface area (Å²) in [6, 6.07) is 0. The summed E-state index contributed by atoms with van der Waals surface area (Å²) in [6.45, 7) is 5.22. The Morgan fingerprint density at radius 3 is 2.53 bits per heavy atom. The Kier molecular flexibility index (Phi) is 3.75. The van der Waals surface area contributed by atoms with Crippen LogP contribution in [0.3, 0.4) is 0 Å². The summed E-state index contributed by atoms with van der Waals surface area (Å²) < 4.78 is 26.4. The SMILES string of the molecule is CC1(C)CCCN(S(=O)(=O)c2cnc(NN)nc2)C1. The highest BCUT2D eigenvalue weighted by Crippen LogP contribution is 2.31. The van der Waals surface area contributed by atoms with Gasteiger partial charge in [-0.05, 0) is 18.3 Å². The van der Waals surface area contributed by atoms with Crippen LogP contribution in [-0.4, -0.2) is 35.8 Å². The first-order valence-corrected chi connectivity index (χ1v) is 7.58. The van der Waals surface area contributed by atoms with Crippen molar-refractivity contribution in [2.45, 2.75) is 31.6 Å². The van der Waals surface area contributed by atoms with E-state index >= 15 is 0 Å². The summed E-state index contributed by atoms with van der Waals surface area (Å²) >= 11 is 0. The number of nitrogens with two attached hydrogens (primary N) is 1. The lowest BCUT2D eigenvalue weighted by Gasteiger charge is -2.37. The van der Waals surface area contributed by atoms with Gasteiger partial charge in [-0.25, -0.2) is 24.2 Å². The zero-order chi connectivity index (χ0) is 14.1. The maximum Gasteiger partial charge on any atom is 0.246 e. The zero-order valence-corrected chi connectivity index (χ0v) is 11.9. The minimum Gasteiger partial charge on any atom is -0.292 e. The van der Waals surface area contributed by atoms with E-state index in [1.807, 2.05) is 0 Å². The Balaban J connectivity index is 2.26. The Morgan fingerprint density at radius 1 is 1.37 bits per heavy atom. The summed E-state index contributed by atoms with van der Waals surface area (Å²) in [7, 11) is -3.52. The van der Waals surface area contributed by atoms with E-state index in [2.05, 4.69) is 29.2 Å². The van der Waals surface area contributed by atoms with Gasteiger partial charge in [-0.2, -0.15) is 4.31 Å². The second-order valence-corrected chi connectivity index (χ2v) is 7.43. The lowest BCUT2D eigenvalue weighted by atomic mass is 9.85. The van der Waals surface area contributed by atoms with E-state index in [4.69, 9.17) is 5.84 Å². The molecule has 1 aromatic heterocycles. The van der Waals surface area contributed by atoms with Gasteiger partial charge in [0, 0.05) is 13.1 Å². The number of nitrogens with zero attached hydrogens (tertiary/aromatic N) is 3. The van der Waals surface area contributed by atoms with Gasteiger partial charge in [0.15, 0.2) is 0 Å². The smallest absolute Gasteiger partial charge is 0.246 e. The third-order valence-corrected chi connectivity index (χ3v) is 5.06. The maximum absolute atomic E-state index is 12.5. The molecule has 0 radical (unpaired) electrons. The molecule has 0 aliphatic carbocycles. The molecule has 1 aliphatic rings. The topological polar surface area (TPSA) is 101 Å². The van der Waals surface area contributed by atoms with Crippen LogP contribution in [0, 0.1) is 5.41 Å². The number of anilines is 1. The molecule has 106 valence electrons. The fraction of sp³-hybridized carbons (Fsp3) is 0.636. The first kappa shape index (κ1) is 14.2. The van der Waals surface area contributed by atoms with Crippen molar-refractivity contribution in [1.82, 2.24) is 14.3 Å². The van der Waals surface area contributed by atoms with Crippen LogP contribution in [0.2, 0.25) is 0 Å². The molecule has 0 bridgehead atoms. The van der Waals surface area contributed by atoms with Crippen LogP contribution in [0.5, 0.6) is 0 Å². The third-order valence-electron chi connectivity index (χ3n) is 3.26. The summed E-state index contributed by atoms with van der Waals surface area (Å²) in [4.78, 5) is 7.78. The van der Waals surface area contributed by atoms with Crippen LogP contribution in [0.4, 0.5) is 5.95 Å². The highest BCUT2D eigenvalue weighted by Gasteiger charge is 2.34. The Bertz CT molecular complexity index is 541. The third kappa shape index (κ3) is 3.02. The second-order valence-electron chi connectivity index (χ2n) is 5.49. The molecule has 0 atom stereocenters. The number of hydrogen-bond donors (Lipinski definition) is 2. The van der Waals surface area contributed by atoms with E-state index in [1.54, 1.807) is 0 Å². The number of sulfonamides is 1. The number of piperidine rings is 1. The molecule has 1 aliphatic heterocycles. The van der Waals surface area contributed by atoms with Crippen molar-refractivity contribution in [2.75, 3.05) is 18.5 Å².